The molecule has 0 aliphatic heterocycles. The molecule has 0 spiro atoms. The lowest BCUT2D eigenvalue weighted by Gasteiger charge is -2.22. The third-order valence-corrected chi connectivity index (χ3v) is 5.82. The van der Waals surface area contributed by atoms with E-state index in [1.54, 1.807) is 30.6 Å². The smallest absolute Gasteiger partial charge is 0.253 e. The number of methoxy groups -OCH3 is 1. The second-order valence-electron chi connectivity index (χ2n) is 6.91. The third-order valence-electron chi connectivity index (χ3n) is 4.93. The number of ether oxygens (including phenoxy) is 1. The fourth-order valence-electron chi connectivity index (χ4n) is 3.30. The summed E-state index contributed by atoms with van der Waals surface area (Å²) in [5.74, 6) is -0.267. The molecule has 2 heterocycles. The second-order valence-corrected chi connectivity index (χ2v) is 7.75. The van der Waals surface area contributed by atoms with Gasteiger partial charge in [0.25, 0.3) is 5.91 Å². The Hall–Kier alpha value is -3.03. The number of carbonyl (C=O) groups excluding carboxylic acids is 1. The van der Waals surface area contributed by atoms with E-state index < -0.39 is 0 Å². The molecule has 0 atom stereocenters. The first-order chi connectivity index (χ1) is 14.7. The topological polar surface area (TPSA) is 46.8 Å². The maximum Gasteiger partial charge on any atom is 0.253 e. The van der Waals surface area contributed by atoms with Crippen LogP contribution in [-0.4, -0.2) is 47.0 Å². The third kappa shape index (κ3) is 4.42. The minimum absolute atomic E-state index is 0.00300. The number of rotatable bonds is 8. The lowest BCUT2D eigenvalue weighted by atomic mass is 10.2. The zero-order chi connectivity index (χ0) is 20.9. The van der Waals surface area contributed by atoms with Gasteiger partial charge in [-0.15, -0.1) is 11.3 Å². The zero-order valence-corrected chi connectivity index (χ0v) is 17.4. The van der Waals surface area contributed by atoms with Gasteiger partial charge in [0, 0.05) is 55.0 Å². The highest BCUT2D eigenvalue weighted by Gasteiger charge is 2.17. The van der Waals surface area contributed by atoms with Crippen LogP contribution in [0, 0.1) is 5.82 Å². The van der Waals surface area contributed by atoms with Crippen molar-refractivity contribution >= 4 is 22.2 Å². The van der Waals surface area contributed by atoms with Crippen molar-refractivity contribution in [3.63, 3.8) is 0 Å². The van der Waals surface area contributed by atoms with E-state index in [0.717, 1.165) is 21.9 Å². The number of hydrogen-bond acceptors (Lipinski definition) is 4. The molecule has 2 aromatic heterocycles. The van der Waals surface area contributed by atoms with Gasteiger partial charge in [0.05, 0.1) is 12.3 Å². The molecule has 2 aromatic carbocycles. The average Bonchev–Trinajstić information content (AvgIpc) is 3.36. The van der Waals surface area contributed by atoms with Crippen molar-refractivity contribution in [1.82, 2.24) is 14.3 Å². The molecule has 7 heteroatoms. The largest absolute Gasteiger partial charge is 0.383 e. The molecule has 0 aliphatic carbocycles. The number of thiazole rings is 1. The summed E-state index contributed by atoms with van der Waals surface area (Å²) in [6.07, 6.45) is 2.66. The second kappa shape index (κ2) is 9.19. The van der Waals surface area contributed by atoms with Gasteiger partial charge in [-0.3, -0.25) is 9.20 Å². The summed E-state index contributed by atoms with van der Waals surface area (Å²) in [4.78, 5) is 20.3. The minimum atomic E-state index is -0.264. The molecule has 154 valence electrons. The maximum absolute atomic E-state index is 13.2. The normalized spacial score (nSPS) is 11.1. The fraction of sp³-hybridized carbons (Fsp3) is 0.217. The molecule has 4 aromatic rings. The first-order valence-corrected chi connectivity index (χ1v) is 10.6. The van der Waals surface area contributed by atoms with Gasteiger partial charge >= 0.3 is 0 Å². The van der Waals surface area contributed by atoms with Crippen molar-refractivity contribution in [2.75, 3.05) is 26.8 Å². The lowest BCUT2D eigenvalue weighted by Crippen LogP contribution is -2.35. The number of carbonyl (C=O) groups is 1. The van der Waals surface area contributed by atoms with Crippen molar-refractivity contribution < 1.29 is 13.9 Å². The average molecular weight is 424 g/mol. The van der Waals surface area contributed by atoms with Gasteiger partial charge in [-0.25, -0.2) is 9.37 Å². The van der Waals surface area contributed by atoms with E-state index in [1.807, 2.05) is 45.8 Å². The summed E-state index contributed by atoms with van der Waals surface area (Å²) < 4.78 is 20.4. The van der Waals surface area contributed by atoms with Crippen LogP contribution in [0.15, 0.2) is 66.2 Å². The quantitative estimate of drug-likeness (QED) is 0.418. The summed E-state index contributed by atoms with van der Waals surface area (Å²) in [5, 5.41) is 2.07. The Morgan fingerprint density at radius 3 is 2.63 bits per heavy atom. The van der Waals surface area contributed by atoms with E-state index in [9.17, 15) is 9.18 Å². The van der Waals surface area contributed by atoms with Gasteiger partial charge in [-0.05, 0) is 36.4 Å². The van der Waals surface area contributed by atoms with Crippen LogP contribution >= 0.6 is 11.3 Å². The summed E-state index contributed by atoms with van der Waals surface area (Å²) in [6.45, 7) is 1.59. The molecule has 0 radical (unpaired) electrons. The van der Waals surface area contributed by atoms with E-state index in [-0.39, 0.29) is 11.7 Å². The summed E-state index contributed by atoms with van der Waals surface area (Å²) in [6, 6.07) is 15.6. The standard InChI is InChI=1S/C23H22FN3O2S/c1-29-14-13-26(22(28)18-5-3-2-4-6-18)12-11-20-16-30-23-25-21(15-27(20)23)17-7-9-19(24)10-8-17/h2-10,15-16H,11-14H2,1H3. The first-order valence-electron chi connectivity index (χ1n) is 9.70. The predicted molar refractivity (Wildman–Crippen MR) is 116 cm³/mol. The van der Waals surface area contributed by atoms with Gasteiger partial charge in [0.15, 0.2) is 4.96 Å². The zero-order valence-electron chi connectivity index (χ0n) is 16.6. The van der Waals surface area contributed by atoms with Crippen molar-refractivity contribution in [2.45, 2.75) is 6.42 Å². The van der Waals surface area contributed by atoms with Crippen LogP contribution in [0.25, 0.3) is 16.2 Å². The van der Waals surface area contributed by atoms with Crippen LogP contribution in [0.3, 0.4) is 0 Å². The van der Waals surface area contributed by atoms with Crippen LogP contribution < -0.4 is 0 Å². The highest BCUT2D eigenvalue weighted by Crippen LogP contribution is 2.24. The van der Waals surface area contributed by atoms with E-state index in [2.05, 4.69) is 10.4 Å². The highest BCUT2D eigenvalue weighted by atomic mass is 32.1. The van der Waals surface area contributed by atoms with Crippen LogP contribution in [-0.2, 0) is 11.2 Å². The molecule has 0 saturated carbocycles. The molecule has 0 fully saturated rings. The number of benzene rings is 2. The first kappa shape index (κ1) is 20.3. The number of hydrogen-bond donors (Lipinski definition) is 0. The van der Waals surface area contributed by atoms with Gasteiger partial charge in [-0.2, -0.15) is 0 Å². The number of nitrogens with zero attached hydrogens (tertiary/aromatic N) is 3. The number of amides is 1. The highest BCUT2D eigenvalue weighted by molar-refractivity contribution is 7.15. The Bertz CT molecular complexity index is 1120. The molecule has 0 N–H and O–H groups in total. The summed E-state index contributed by atoms with van der Waals surface area (Å²) in [5.41, 5.74) is 3.43. The van der Waals surface area contributed by atoms with Gasteiger partial charge in [0.1, 0.15) is 5.82 Å². The van der Waals surface area contributed by atoms with E-state index in [4.69, 9.17) is 4.74 Å². The molecular formula is C23H22FN3O2S. The SMILES string of the molecule is COCCN(CCc1csc2nc(-c3ccc(F)cc3)cn12)C(=O)c1ccccc1. The molecule has 4 rings (SSSR count). The summed E-state index contributed by atoms with van der Waals surface area (Å²) in [7, 11) is 1.63. The van der Waals surface area contributed by atoms with E-state index in [1.165, 1.54) is 12.1 Å². The molecule has 1 amide bonds. The fourth-order valence-corrected chi connectivity index (χ4v) is 4.21. The summed E-state index contributed by atoms with van der Waals surface area (Å²) >= 11 is 1.56. The van der Waals surface area contributed by atoms with Crippen molar-refractivity contribution in [2.24, 2.45) is 0 Å². The van der Waals surface area contributed by atoms with Crippen LogP contribution in [0.1, 0.15) is 16.1 Å². The van der Waals surface area contributed by atoms with Crippen molar-refractivity contribution in [3.8, 4) is 11.3 Å². The van der Waals surface area contributed by atoms with Crippen molar-refractivity contribution in [1.29, 1.82) is 0 Å². The van der Waals surface area contributed by atoms with Gasteiger partial charge < -0.3 is 9.64 Å². The lowest BCUT2D eigenvalue weighted by molar-refractivity contribution is 0.0697. The Kier molecular flexibility index (Phi) is 6.21. The minimum Gasteiger partial charge on any atom is -0.383 e. The molecule has 0 bridgehead atoms. The molecule has 30 heavy (non-hydrogen) atoms. The van der Waals surface area contributed by atoms with Gasteiger partial charge in [0.2, 0.25) is 0 Å². The maximum atomic E-state index is 13.2. The van der Waals surface area contributed by atoms with E-state index in [0.29, 0.717) is 31.7 Å². The number of halogens is 1. The van der Waals surface area contributed by atoms with Crippen LogP contribution in [0.5, 0.6) is 0 Å². The Morgan fingerprint density at radius 1 is 1.13 bits per heavy atom. The van der Waals surface area contributed by atoms with E-state index >= 15 is 0 Å². The predicted octanol–water partition coefficient (Wildman–Crippen LogP) is 4.53. The van der Waals surface area contributed by atoms with Crippen LogP contribution in [0.2, 0.25) is 0 Å². The molecule has 0 saturated heterocycles. The van der Waals surface area contributed by atoms with Gasteiger partial charge in [-0.1, -0.05) is 18.2 Å². The Labute approximate surface area is 178 Å². The number of fused-ring (bicyclic) bond motifs is 1. The van der Waals surface area contributed by atoms with Crippen LogP contribution in [0.4, 0.5) is 4.39 Å². The van der Waals surface area contributed by atoms with Crippen molar-refractivity contribution in [3.05, 3.63) is 83.2 Å². The number of aromatic nitrogens is 2. The molecule has 5 nitrogen and oxygen atoms in total. The monoisotopic (exact) mass is 423 g/mol. The Morgan fingerprint density at radius 2 is 1.90 bits per heavy atom. The molecule has 0 unspecified atom stereocenters. The Balaban J connectivity index is 1.52. The molecular weight excluding hydrogens is 401 g/mol. The molecule has 0 aliphatic rings. The number of imidazole rings is 1.